The molecular formula is C22H30O14. The highest BCUT2D eigenvalue weighted by molar-refractivity contribution is 5.87. The molecule has 0 amide bonds. The van der Waals surface area contributed by atoms with Gasteiger partial charge in [-0.15, -0.1) is 0 Å². The fourth-order valence-corrected chi connectivity index (χ4v) is 3.62. The first kappa shape index (κ1) is 28.2. The Kier molecular flexibility index (Phi) is 9.59. The van der Waals surface area contributed by atoms with Crippen molar-refractivity contribution in [3.05, 3.63) is 29.8 Å². The molecule has 1 aromatic carbocycles. The van der Waals surface area contributed by atoms with Crippen molar-refractivity contribution in [1.29, 1.82) is 0 Å². The number of hydrogen-bond acceptors (Lipinski definition) is 14. The topological polar surface area (TPSA) is 225 Å². The Morgan fingerprint density at radius 2 is 1.53 bits per heavy atom. The average Bonchev–Trinajstić information content (AvgIpc) is 2.87. The average molecular weight is 518 g/mol. The van der Waals surface area contributed by atoms with Crippen molar-refractivity contribution in [2.24, 2.45) is 0 Å². The zero-order valence-electron chi connectivity index (χ0n) is 19.1. The van der Waals surface area contributed by atoms with Gasteiger partial charge in [-0.1, -0.05) is 6.07 Å². The number of ether oxygens (including phenoxy) is 5. The molecule has 0 aromatic heterocycles. The fraction of sp³-hybridized carbons (Fsp3) is 0.591. The lowest BCUT2D eigenvalue weighted by atomic mass is 9.98. The summed E-state index contributed by atoms with van der Waals surface area (Å²) >= 11 is 0. The summed E-state index contributed by atoms with van der Waals surface area (Å²) in [6.45, 7) is -1.07. The first-order valence-electron chi connectivity index (χ1n) is 10.9. The molecule has 1 aromatic rings. The molecule has 0 saturated carbocycles. The van der Waals surface area contributed by atoms with Crippen molar-refractivity contribution in [2.75, 3.05) is 20.3 Å². The van der Waals surface area contributed by atoms with Crippen molar-refractivity contribution in [1.82, 2.24) is 0 Å². The molecule has 2 heterocycles. The van der Waals surface area contributed by atoms with Crippen molar-refractivity contribution < 1.29 is 69.3 Å². The van der Waals surface area contributed by atoms with Gasteiger partial charge in [0.1, 0.15) is 55.4 Å². The van der Waals surface area contributed by atoms with Crippen LogP contribution < -0.4 is 4.74 Å². The minimum atomic E-state index is -1.80. The highest BCUT2D eigenvalue weighted by atomic mass is 16.7. The van der Waals surface area contributed by atoms with Crippen molar-refractivity contribution in [3.8, 4) is 11.5 Å². The number of aromatic hydroxyl groups is 1. The maximum Gasteiger partial charge on any atom is 0.330 e. The zero-order chi connectivity index (χ0) is 26.6. The van der Waals surface area contributed by atoms with Gasteiger partial charge < -0.3 is 64.5 Å². The largest absolute Gasteiger partial charge is 0.504 e. The molecule has 36 heavy (non-hydrogen) atoms. The van der Waals surface area contributed by atoms with Crippen LogP contribution in [-0.4, -0.2) is 129 Å². The monoisotopic (exact) mass is 518 g/mol. The summed E-state index contributed by atoms with van der Waals surface area (Å²) in [5.74, 6) is -0.696. The van der Waals surface area contributed by atoms with Gasteiger partial charge in [0.15, 0.2) is 24.1 Å². The summed E-state index contributed by atoms with van der Waals surface area (Å²) in [5, 5.41) is 79.0. The number of carbonyl (C=O) groups is 1. The van der Waals surface area contributed by atoms with Crippen molar-refractivity contribution in [2.45, 2.75) is 61.4 Å². The molecule has 2 aliphatic heterocycles. The van der Waals surface area contributed by atoms with E-state index >= 15 is 0 Å². The molecule has 0 aliphatic carbocycles. The molecule has 202 valence electrons. The van der Waals surface area contributed by atoms with E-state index in [-0.39, 0.29) is 11.5 Å². The fourth-order valence-electron chi connectivity index (χ4n) is 3.62. The standard InChI is InChI=1S/C22H30O14/c1-32-11-6-9(2-4-10(11)23)3-5-14(24)33-7-13-16(26)18(28)20(30)22(36-13)34-8-12-15(25)17(27)19(29)21(31)35-12/h2-6,12-13,15-23,25-31H,7-8H2,1H3/b5-3+/t12-,13-,15-,16-,17+,18+,19-,20-,21-,22-/m1/s1. The normalized spacial score (nSPS) is 37.1. The lowest BCUT2D eigenvalue weighted by Crippen LogP contribution is -2.61. The number of benzene rings is 1. The second kappa shape index (κ2) is 12.2. The second-order valence-electron chi connectivity index (χ2n) is 8.28. The summed E-state index contributed by atoms with van der Waals surface area (Å²) in [6, 6.07) is 4.39. The molecule has 14 nitrogen and oxygen atoms in total. The van der Waals surface area contributed by atoms with Crippen molar-refractivity contribution in [3.63, 3.8) is 0 Å². The minimum Gasteiger partial charge on any atom is -0.504 e. The molecule has 0 bridgehead atoms. The molecule has 0 radical (unpaired) electrons. The van der Waals surface area contributed by atoms with Crippen LogP contribution in [-0.2, 0) is 23.7 Å². The van der Waals surface area contributed by atoms with Crippen LogP contribution in [0, 0.1) is 0 Å². The Morgan fingerprint density at radius 3 is 2.19 bits per heavy atom. The molecular weight excluding hydrogens is 488 g/mol. The zero-order valence-corrected chi connectivity index (χ0v) is 19.1. The van der Waals surface area contributed by atoms with E-state index in [1.54, 1.807) is 0 Å². The van der Waals surface area contributed by atoms with Crippen LogP contribution in [0.3, 0.4) is 0 Å². The molecule has 2 aliphatic rings. The number of rotatable bonds is 8. The van der Waals surface area contributed by atoms with E-state index < -0.39 is 80.6 Å². The van der Waals surface area contributed by atoms with Gasteiger partial charge >= 0.3 is 5.97 Å². The Bertz CT molecular complexity index is 909. The first-order chi connectivity index (χ1) is 17.0. The summed E-state index contributed by atoms with van der Waals surface area (Å²) in [5.41, 5.74) is 0.525. The molecule has 3 rings (SSSR count). The smallest absolute Gasteiger partial charge is 0.330 e. The maximum absolute atomic E-state index is 12.1. The van der Waals surface area contributed by atoms with Crippen molar-refractivity contribution >= 4 is 12.0 Å². The number of methoxy groups -OCH3 is 1. The predicted octanol–water partition coefficient (Wildman–Crippen LogP) is -3.42. The van der Waals surface area contributed by atoms with Gasteiger partial charge in [0.05, 0.1) is 13.7 Å². The number of hydrogen-bond donors (Lipinski definition) is 8. The molecule has 2 fully saturated rings. The lowest BCUT2D eigenvalue weighted by molar-refractivity contribution is -0.326. The SMILES string of the molecule is COc1cc(/C=C/C(=O)OC[C@H]2O[C@@H](OC[C@H]3O[C@@H](O)[C@H](O)[C@@H](O)[C@@H]3O)[C@H](O)[C@@H](O)[C@@H]2O)ccc1O. The third kappa shape index (κ3) is 6.49. The number of carbonyl (C=O) groups excluding carboxylic acids is 1. The van der Waals surface area contributed by atoms with E-state index in [0.29, 0.717) is 5.56 Å². The number of phenols is 1. The quantitative estimate of drug-likeness (QED) is 0.124. The summed E-state index contributed by atoms with van der Waals surface area (Å²) in [7, 11) is 1.37. The minimum absolute atomic E-state index is 0.0762. The molecule has 2 saturated heterocycles. The van der Waals surface area contributed by atoms with Crippen LogP contribution in [0.2, 0.25) is 0 Å². The van der Waals surface area contributed by atoms with E-state index in [9.17, 15) is 45.6 Å². The number of aliphatic hydroxyl groups is 7. The van der Waals surface area contributed by atoms with E-state index in [2.05, 4.69) is 0 Å². The van der Waals surface area contributed by atoms with E-state index in [1.165, 1.54) is 31.4 Å². The number of esters is 1. The molecule has 0 spiro atoms. The molecule has 14 heteroatoms. The Morgan fingerprint density at radius 1 is 0.889 bits per heavy atom. The van der Waals surface area contributed by atoms with Gasteiger partial charge in [0.2, 0.25) is 0 Å². The first-order valence-corrected chi connectivity index (χ1v) is 10.9. The van der Waals surface area contributed by atoms with Crippen LogP contribution in [0.4, 0.5) is 0 Å². The Balaban J connectivity index is 1.55. The van der Waals surface area contributed by atoms with Gasteiger partial charge in [-0.3, -0.25) is 0 Å². The van der Waals surface area contributed by atoms with Gasteiger partial charge in [0, 0.05) is 6.08 Å². The summed E-state index contributed by atoms with van der Waals surface area (Å²) in [6.07, 6.45) is -13.8. The van der Waals surface area contributed by atoms with Gasteiger partial charge in [0.25, 0.3) is 0 Å². The van der Waals surface area contributed by atoms with Gasteiger partial charge in [-0.05, 0) is 23.8 Å². The summed E-state index contributed by atoms with van der Waals surface area (Å²) < 4.78 is 25.7. The van der Waals surface area contributed by atoms with E-state index in [1.807, 2.05) is 0 Å². The molecule has 10 atom stereocenters. The van der Waals surface area contributed by atoms with Crippen LogP contribution in [0.15, 0.2) is 24.3 Å². The van der Waals surface area contributed by atoms with E-state index in [4.69, 9.17) is 23.7 Å². The van der Waals surface area contributed by atoms with Crippen LogP contribution in [0.5, 0.6) is 11.5 Å². The van der Waals surface area contributed by atoms with Gasteiger partial charge in [-0.2, -0.15) is 0 Å². The summed E-state index contributed by atoms with van der Waals surface area (Å²) in [4.78, 5) is 12.1. The van der Waals surface area contributed by atoms with Crippen LogP contribution in [0.1, 0.15) is 5.56 Å². The highest BCUT2D eigenvalue weighted by Crippen LogP contribution is 2.27. The van der Waals surface area contributed by atoms with Gasteiger partial charge in [-0.25, -0.2) is 4.79 Å². The highest BCUT2D eigenvalue weighted by Gasteiger charge is 2.47. The number of aliphatic hydroxyl groups excluding tert-OH is 7. The predicted molar refractivity (Wildman–Crippen MR) is 116 cm³/mol. The molecule has 8 N–H and O–H groups in total. The van der Waals surface area contributed by atoms with Crippen LogP contribution >= 0.6 is 0 Å². The lowest BCUT2D eigenvalue weighted by Gasteiger charge is -2.42. The van der Waals surface area contributed by atoms with E-state index in [0.717, 1.165) is 6.08 Å². The maximum atomic E-state index is 12.1. The third-order valence-corrected chi connectivity index (χ3v) is 5.79. The third-order valence-electron chi connectivity index (χ3n) is 5.79. The number of phenolic OH excluding ortho intramolecular Hbond substituents is 1. The van der Waals surface area contributed by atoms with Crippen LogP contribution in [0.25, 0.3) is 6.08 Å². The second-order valence-corrected chi connectivity index (χ2v) is 8.28. The molecule has 0 unspecified atom stereocenters. The Labute approximate surface area is 205 Å². The Hall–Kier alpha value is -2.37.